The second-order valence-corrected chi connectivity index (χ2v) is 5.66. The van der Waals surface area contributed by atoms with Gasteiger partial charge in [-0.15, -0.1) is 0 Å². The minimum Gasteiger partial charge on any atom is -0.368 e. The largest absolute Gasteiger partial charge is 0.368 e. The van der Waals surface area contributed by atoms with Gasteiger partial charge in [-0.2, -0.15) is 15.0 Å². The molecular formula is C14H14N6OS. The summed E-state index contributed by atoms with van der Waals surface area (Å²) in [5.41, 5.74) is 13.5. The van der Waals surface area contributed by atoms with Gasteiger partial charge in [0.2, 0.25) is 11.9 Å². The van der Waals surface area contributed by atoms with Gasteiger partial charge in [0, 0.05) is 22.2 Å². The minimum absolute atomic E-state index is 0.00231. The first-order chi connectivity index (χ1) is 10.5. The van der Waals surface area contributed by atoms with Crippen LogP contribution in [0, 0.1) is 6.92 Å². The Kier molecular flexibility index (Phi) is 3.68. The molecule has 0 spiro atoms. The predicted octanol–water partition coefficient (Wildman–Crippen LogP) is 1.80. The molecule has 1 aromatic carbocycles. The van der Waals surface area contributed by atoms with Crippen molar-refractivity contribution in [2.24, 2.45) is 0 Å². The van der Waals surface area contributed by atoms with E-state index in [4.69, 9.17) is 11.5 Å². The first-order valence-corrected chi connectivity index (χ1v) is 7.53. The number of ketones is 1. The molecule has 0 fully saturated rings. The van der Waals surface area contributed by atoms with Crippen molar-refractivity contribution in [1.29, 1.82) is 0 Å². The van der Waals surface area contributed by atoms with E-state index in [9.17, 15) is 4.79 Å². The molecule has 112 valence electrons. The molecule has 0 aliphatic carbocycles. The molecule has 2 aromatic heterocycles. The van der Waals surface area contributed by atoms with Crippen molar-refractivity contribution in [3.63, 3.8) is 0 Å². The van der Waals surface area contributed by atoms with E-state index in [0.717, 1.165) is 16.6 Å². The van der Waals surface area contributed by atoms with Crippen molar-refractivity contribution < 1.29 is 4.79 Å². The van der Waals surface area contributed by atoms with Crippen molar-refractivity contribution in [3.8, 4) is 0 Å². The number of Topliss-reactive ketones (excluding diaryl/α,β-unsaturated/α-hetero) is 1. The number of aryl methyl sites for hydroxylation is 1. The summed E-state index contributed by atoms with van der Waals surface area (Å²) in [6.07, 6.45) is 0. The number of nitrogens with one attached hydrogen (secondary N) is 1. The van der Waals surface area contributed by atoms with Crippen LogP contribution in [-0.2, 0) is 0 Å². The Bertz CT molecular complexity index is 839. The maximum absolute atomic E-state index is 12.5. The third-order valence-corrected chi connectivity index (χ3v) is 4.00. The van der Waals surface area contributed by atoms with Crippen LogP contribution in [0.5, 0.6) is 0 Å². The average molecular weight is 314 g/mol. The minimum atomic E-state index is -0.00231. The Morgan fingerprint density at radius 1 is 1.18 bits per heavy atom. The Balaban J connectivity index is 1.83. The quantitative estimate of drug-likeness (QED) is 0.495. The lowest BCUT2D eigenvalue weighted by Crippen LogP contribution is -2.07. The molecule has 0 unspecified atom stereocenters. The lowest BCUT2D eigenvalue weighted by atomic mass is 10.1. The molecule has 5 N–H and O–H groups in total. The normalized spacial score (nSPS) is 11.0. The summed E-state index contributed by atoms with van der Waals surface area (Å²) in [5, 5.41) is 1.26. The van der Waals surface area contributed by atoms with E-state index < -0.39 is 0 Å². The molecule has 0 saturated carbocycles. The zero-order valence-corrected chi connectivity index (χ0v) is 12.6. The van der Waals surface area contributed by atoms with Gasteiger partial charge in [0.1, 0.15) is 0 Å². The van der Waals surface area contributed by atoms with Crippen molar-refractivity contribution in [2.75, 3.05) is 17.2 Å². The van der Waals surface area contributed by atoms with Gasteiger partial charge in [0.25, 0.3) is 0 Å². The monoisotopic (exact) mass is 314 g/mol. The average Bonchev–Trinajstić information content (AvgIpc) is 2.79. The summed E-state index contributed by atoms with van der Waals surface area (Å²) in [7, 11) is 0. The molecule has 2 heterocycles. The van der Waals surface area contributed by atoms with Crippen LogP contribution in [-0.4, -0.2) is 31.5 Å². The Hall–Kier alpha value is -2.61. The van der Waals surface area contributed by atoms with Crippen LogP contribution in [0.2, 0.25) is 0 Å². The van der Waals surface area contributed by atoms with E-state index in [-0.39, 0.29) is 23.4 Å². The molecule has 3 aromatic rings. The lowest BCUT2D eigenvalue weighted by molar-refractivity contribution is 0.102. The number of carbonyl (C=O) groups excluding carboxylic acids is 1. The lowest BCUT2D eigenvalue weighted by Gasteiger charge is -2.02. The number of nitrogens with two attached hydrogens (primary N) is 2. The molecular weight excluding hydrogens is 300 g/mol. The van der Waals surface area contributed by atoms with Crippen LogP contribution in [0.15, 0.2) is 29.4 Å². The topological polar surface area (TPSA) is 124 Å². The Labute approximate surface area is 130 Å². The molecule has 0 bridgehead atoms. The number of aromatic amines is 1. The number of fused-ring (bicyclic) bond motifs is 1. The molecule has 0 saturated heterocycles. The van der Waals surface area contributed by atoms with Crippen molar-refractivity contribution in [2.45, 2.75) is 12.1 Å². The molecule has 8 heteroatoms. The summed E-state index contributed by atoms with van der Waals surface area (Å²) >= 11 is 1.19. The van der Waals surface area contributed by atoms with E-state index >= 15 is 0 Å². The van der Waals surface area contributed by atoms with Crippen LogP contribution in [0.25, 0.3) is 10.9 Å². The number of H-pyrrole nitrogens is 1. The number of benzene rings is 1. The number of thioether (sulfide) groups is 1. The zero-order valence-electron chi connectivity index (χ0n) is 11.8. The molecule has 0 atom stereocenters. The highest BCUT2D eigenvalue weighted by atomic mass is 32.2. The van der Waals surface area contributed by atoms with E-state index in [0.29, 0.717) is 10.7 Å². The zero-order chi connectivity index (χ0) is 15.7. The number of anilines is 2. The highest BCUT2D eigenvalue weighted by Crippen LogP contribution is 2.24. The second kappa shape index (κ2) is 5.64. The van der Waals surface area contributed by atoms with Crippen LogP contribution in [0.4, 0.5) is 11.9 Å². The van der Waals surface area contributed by atoms with Gasteiger partial charge in [-0.25, -0.2) is 0 Å². The maximum Gasteiger partial charge on any atom is 0.225 e. The number of aromatic nitrogens is 4. The predicted molar refractivity (Wildman–Crippen MR) is 86.7 cm³/mol. The summed E-state index contributed by atoms with van der Waals surface area (Å²) in [4.78, 5) is 27.3. The smallest absolute Gasteiger partial charge is 0.225 e. The summed E-state index contributed by atoms with van der Waals surface area (Å²) < 4.78 is 0. The molecule has 7 nitrogen and oxygen atoms in total. The highest BCUT2D eigenvalue weighted by Gasteiger charge is 2.16. The van der Waals surface area contributed by atoms with Gasteiger partial charge in [-0.1, -0.05) is 30.0 Å². The first kappa shape index (κ1) is 14.3. The van der Waals surface area contributed by atoms with Crippen LogP contribution >= 0.6 is 11.8 Å². The van der Waals surface area contributed by atoms with Crippen molar-refractivity contribution >= 4 is 40.3 Å². The fourth-order valence-corrected chi connectivity index (χ4v) is 3.01. The van der Waals surface area contributed by atoms with E-state index in [2.05, 4.69) is 19.9 Å². The van der Waals surface area contributed by atoms with Gasteiger partial charge in [0.05, 0.1) is 5.75 Å². The number of hydrogen-bond acceptors (Lipinski definition) is 7. The maximum atomic E-state index is 12.5. The SMILES string of the molecule is Cc1[nH]c2ccccc2c1C(=O)CSc1nc(N)nc(N)n1. The van der Waals surface area contributed by atoms with E-state index in [1.54, 1.807) is 0 Å². The number of nitrogen functional groups attached to an aromatic ring is 2. The van der Waals surface area contributed by atoms with Gasteiger partial charge in [-0.3, -0.25) is 4.79 Å². The summed E-state index contributed by atoms with van der Waals surface area (Å²) in [6.45, 7) is 1.89. The van der Waals surface area contributed by atoms with Crippen molar-refractivity contribution in [3.05, 3.63) is 35.5 Å². The van der Waals surface area contributed by atoms with Gasteiger partial charge >= 0.3 is 0 Å². The Morgan fingerprint density at radius 2 is 1.86 bits per heavy atom. The molecule has 22 heavy (non-hydrogen) atoms. The van der Waals surface area contributed by atoms with Crippen LogP contribution < -0.4 is 11.5 Å². The molecule has 3 rings (SSSR count). The number of rotatable bonds is 4. The molecule has 0 aliphatic heterocycles. The number of nitrogens with zero attached hydrogens (tertiary/aromatic N) is 3. The van der Waals surface area contributed by atoms with Crippen molar-refractivity contribution in [1.82, 2.24) is 19.9 Å². The van der Waals surface area contributed by atoms with Gasteiger partial charge in [-0.05, 0) is 13.0 Å². The van der Waals surface area contributed by atoms with Crippen LogP contribution in [0.3, 0.4) is 0 Å². The fraction of sp³-hybridized carbons (Fsp3) is 0.143. The standard InChI is InChI=1S/C14H14N6OS/c1-7-11(8-4-2-3-5-9(8)17-7)10(21)6-22-14-19-12(15)18-13(16)20-14/h2-5,17H,6H2,1H3,(H4,15,16,18,19,20). The Morgan fingerprint density at radius 3 is 2.59 bits per heavy atom. The van der Waals surface area contributed by atoms with E-state index in [1.807, 2.05) is 31.2 Å². The first-order valence-electron chi connectivity index (χ1n) is 6.55. The molecule has 0 radical (unpaired) electrons. The molecule has 0 aliphatic rings. The number of hydrogen-bond donors (Lipinski definition) is 3. The fourth-order valence-electron chi connectivity index (χ4n) is 2.29. The second-order valence-electron chi connectivity index (χ2n) is 4.72. The highest BCUT2D eigenvalue weighted by molar-refractivity contribution is 7.99. The van der Waals surface area contributed by atoms with Crippen LogP contribution in [0.1, 0.15) is 16.1 Å². The third-order valence-electron chi connectivity index (χ3n) is 3.15. The summed E-state index contributed by atoms with van der Waals surface area (Å²) in [6, 6.07) is 7.71. The molecule has 0 amide bonds. The number of carbonyl (C=O) groups is 1. The number of para-hydroxylation sites is 1. The van der Waals surface area contributed by atoms with E-state index in [1.165, 1.54) is 11.8 Å². The van der Waals surface area contributed by atoms with Gasteiger partial charge < -0.3 is 16.5 Å². The van der Waals surface area contributed by atoms with Gasteiger partial charge in [0.15, 0.2) is 10.9 Å². The summed E-state index contributed by atoms with van der Waals surface area (Å²) in [5.74, 6) is 0.292. The third kappa shape index (κ3) is 2.73.